The summed E-state index contributed by atoms with van der Waals surface area (Å²) in [5, 5.41) is 10.7. The van der Waals surface area contributed by atoms with Gasteiger partial charge in [-0.25, -0.2) is 0 Å². The molecule has 2 rings (SSSR count). The molecule has 1 heterocycles. The van der Waals surface area contributed by atoms with Crippen LogP contribution in [0.2, 0.25) is 0 Å². The van der Waals surface area contributed by atoms with Crippen molar-refractivity contribution in [2.45, 2.75) is 12.5 Å². The normalized spacial score (nSPS) is 12.9. The van der Waals surface area contributed by atoms with E-state index in [0.29, 0.717) is 6.42 Å². The molecular weight excluding hydrogens is 210 g/mol. The number of rotatable bonds is 3. The van der Waals surface area contributed by atoms with Crippen molar-refractivity contribution in [2.24, 2.45) is 5.73 Å². The van der Waals surface area contributed by atoms with Gasteiger partial charge in [-0.1, -0.05) is 24.3 Å². The Morgan fingerprint density at radius 3 is 3.00 bits per heavy atom. The molecule has 0 saturated heterocycles. The first-order valence-electron chi connectivity index (χ1n) is 4.62. The minimum atomic E-state index is -0.953. The average molecular weight is 221 g/mol. The zero-order valence-electron chi connectivity index (χ0n) is 8.01. The van der Waals surface area contributed by atoms with Gasteiger partial charge in [0, 0.05) is 4.88 Å². The van der Waals surface area contributed by atoms with Crippen molar-refractivity contribution in [1.82, 2.24) is 0 Å². The molecule has 4 heteroatoms. The molecule has 1 atom stereocenters. The molecule has 15 heavy (non-hydrogen) atoms. The second-order valence-electron chi connectivity index (χ2n) is 3.40. The molecule has 0 aromatic rings. The second kappa shape index (κ2) is 4.00. The molecule has 1 aliphatic carbocycles. The summed E-state index contributed by atoms with van der Waals surface area (Å²) in [5.74, 6) is -0.953. The molecule has 3 nitrogen and oxygen atoms in total. The zero-order chi connectivity index (χ0) is 10.8. The molecule has 0 aromatic heterocycles. The number of carbonyl (C=O) groups is 1. The zero-order valence-corrected chi connectivity index (χ0v) is 8.83. The van der Waals surface area contributed by atoms with E-state index in [1.54, 1.807) is 11.3 Å². The van der Waals surface area contributed by atoms with E-state index in [4.69, 9.17) is 10.8 Å². The molecule has 78 valence electrons. The highest BCUT2D eigenvalue weighted by Gasteiger charge is 2.16. The smallest absolute Gasteiger partial charge is 0.320 e. The minimum Gasteiger partial charge on any atom is -0.480 e. The Morgan fingerprint density at radius 2 is 2.27 bits per heavy atom. The lowest BCUT2D eigenvalue weighted by Gasteiger charge is -2.06. The summed E-state index contributed by atoms with van der Waals surface area (Å²) >= 11 is 1.62. The summed E-state index contributed by atoms with van der Waals surface area (Å²) in [4.78, 5) is 11.8. The molecule has 0 amide bonds. The van der Waals surface area contributed by atoms with Crippen LogP contribution < -0.4 is 5.73 Å². The molecular formula is C11H11NO2S. The van der Waals surface area contributed by atoms with E-state index in [1.165, 1.54) is 0 Å². The monoisotopic (exact) mass is 221 g/mol. The topological polar surface area (TPSA) is 63.3 Å². The molecule has 0 radical (unpaired) electrons. The van der Waals surface area contributed by atoms with E-state index in [2.05, 4.69) is 0 Å². The summed E-state index contributed by atoms with van der Waals surface area (Å²) in [5.41, 5.74) is 7.67. The van der Waals surface area contributed by atoms with Crippen LogP contribution in [-0.4, -0.2) is 17.1 Å². The van der Waals surface area contributed by atoms with Crippen LogP contribution in [0.1, 0.15) is 5.56 Å². The molecule has 0 saturated carbocycles. The van der Waals surface area contributed by atoms with Crippen molar-refractivity contribution < 1.29 is 9.90 Å². The quantitative estimate of drug-likeness (QED) is 0.830. The third-order valence-electron chi connectivity index (χ3n) is 2.32. The summed E-state index contributed by atoms with van der Waals surface area (Å²) in [6, 6.07) is 7.12. The van der Waals surface area contributed by atoms with Gasteiger partial charge in [0.15, 0.2) is 0 Å². The number of fused-ring (bicyclic) bond motifs is 1. The number of carboxylic acid groups (broad SMARTS) is 1. The van der Waals surface area contributed by atoms with Gasteiger partial charge in [-0.3, -0.25) is 4.79 Å². The number of carboxylic acids is 1. The third kappa shape index (κ3) is 2.00. The maximum Gasteiger partial charge on any atom is 0.320 e. The van der Waals surface area contributed by atoms with Crippen LogP contribution in [0.3, 0.4) is 0 Å². The predicted molar refractivity (Wildman–Crippen MR) is 60.3 cm³/mol. The van der Waals surface area contributed by atoms with Gasteiger partial charge in [-0.15, -0.1) is 11.3 Å². The number of nitrogens with two attached hydrogens (primary N) is 1. The molecule has 0 fully saturated rings. The minimum absolute atomic E-state index is 0.388. The van der Waals surface area contributed by atoms with Crippen LogP contribution in [0, 0.1) is 0 Å². The van der Waals surface area contributed by atoms with Crippen LogP contribution in [0.25, 0.3) is 10.4 Å². The summed E-state index contributed by atoms with van der Waals surface area (Å²) in [6.07, 6.45) is 0.388. The van der Waals surface area contributed by atoms with Gasteiger partial charge in [0.1, 0.15) is 6.04 Å². The second-order valence-corrected chi connectivity index (χ2v) is 4.32. The summed E-state index contributed by atoms with van der Waals surface area (Å²) in [6.45, 7) is 0. The largest absolute Gasteiger partial charge is 0.480 e. The number of hydrogen-bond donors (Lipinski definition) is 2. The first-order valence-corrected chi connectivity index (χ1v) is 5.50. The molecule has 1 unspecified atom stereocenters. The highest BCUT2D eigenvalue weighted by Crippen LogP contribution is 2.31. The maximum atomic E-state index is 10.6. The van der Waals surface area contributed by atoms with Gasteiger partial charge in [0.2, 0.25) is 0 Å². The molecule has 1 aliphatic heterocycles. The van der Waals surface area contributed by atoms with Crippen molar-refractivity contribution >= 4 is 17.3 Å². The molecule has 0 aromatic carbocycles. The van der Waals surface area contributed by atoms with Crippen LogP contribution in [0.5, 0.6) is 0 Å². The predicted octanol–water partition coefficient (Wildman–Crippen LogP) is 1.81. The lowest BCUT2D eigenvalue weighted by Crippen LogP contribution is -2.32. The number of aliphatic carboxylic acids is 1. The fraction of sp³-hybridized carbons (Fsp3) is 0.182. The highest BCUT2D eigenvalue weighted by atomic mass is 32.1. The van der Waals surface area contributed by atoms with E-state index in [1.807, 2.05) is 29.6 Å². The van der Waals surface area contributed by atoms with Crippen LogP contribution in [0.15, 0.2) is 29.6 Å². The Morgan fingerprint density at radius 1 is 1.47 bits per heavy atom. The van der Waals surface area contributed by atoms with Gasteiger partial charge < -0.3 is 10.8 Å². The number of hydrogen-bond acceptors (Lipinski definition) is 3. The Bertz CT molecular complexity index is 452. The lowest BCUT2D eigenvalue weighted by molar-refractivity contribution is -0.138. The van der Waals surface area contributed by atoms with Crippen molar-refractivity contribution in [1.29, 1.82) is 0 Å². The molecule has 2 aliphatic rings. The van der Waals surface area contributed by atoms with Crippen molar-refractivity contribution in [2.75, 3.05) is 0 Å². The van der Waals surface area contributed by atoms with Gasteiger partial charge in [-0.05, 0) is 22.9 Å². The van der Waals surface area contributed by atoms with Crippen LogP contribution >= 0.6 is 11.3 Å². The Kier molecular flexibility index (Phi) is 2.70. The lowest BCUT2D eigenvalue weighted by atomic mass is 10.1. The third-order valence-corrected chi connectivity index (χ3v) is 3.34. The first kappa shape index (κ1) is 10.1. The summed E-state index contributed by atoms with van der Waals surface area (Å²) in [7, 11) is 0. The van der Waals surface area contributed by atoms with E-state index in [9.17, 15) is 4.79 Å². The standard InChI is InChI=1S/C11H11NO2S/c12-9(11(13)14)6-8-4-3-7-2-1-5-15-10(7)8/h1-5,9H,6,12H2,(H,13,14). The first-order chi connectivity index (χ1) is 7.18. The van der Waals surface area contributed by atoms with Crippen molar-refractivity contribution in [3.63, 3.8) is 0 Å². The van der Waals surface area contributed by atoms with Gasteiger partial charge in [0.05, 0.1) is 0 Å². The van der Waals surface area contributed by atoms with E-state index in [0.717, 1.165) is 16.0 Å². The molecule has 0 bridgehead atoms. The Hall–Kier alpha value is -1.39. The maximum absolute atomic E-state index is 10.6. The van der Waals surface area contributed by atoms with E-state index < -0.39 is 12.0 Å². The van der Waals surface area contributed by atoms with E-state index in [-0.39, 0.29) is 0 Å². The molecule has 3 N–H and O–H groups in total. The fourth-order valence-corrected chi connectivity index (χ4v) is 2.41. The van der Waals surface area contributed by atoms with Crippen molar-refractivity contribution in [3.05, 3.63) is 35.2 Å². The Labute approximate surface area is 91.5 Å². The average Bonchev–Trinajstić information content (AvgIpc) is 2.62. The fourth-order valence-electron chi connectivity index (χ4n) is 1.54. The summed E-state index contributed by atoms with van der Waals surface area (Å²) < 4.78 is 0. The van der Waals surface area contributed by atoms with E-state index >= 15 is 0 Å². The van der Waals surface area contributed by atoms with Gasteiger partial charge in [0.25, 0.3) is 0 Å². The van der Waals surface area contributed by atoms with Crippen LogP contribution in [0.4, 0.5) is 0 Å². The molecule has 0 spiro atoms. The highest BCUT2D eigenvalue weighted by molar-refractivity contribution is 7.13. The van der Waals surface area contributed by atoms with Crippen molar-refractivity contribution in [3.8, 4) is 10.4 Å². The SMILES string of the molecule is NC(Cc1ccc2cccsc1-2)C(=O)O. The van der Waals surface area contributed by atoms with Gasteiger partial charge >= 0.3 is 5.97 Å². The Balaban J connectivity index is 2.26. The van der Waals surface area contributed by atoms with Gasteiger partial charge in [-0.2, -0.15) is 0 Å². The van der Waals surface area contributed by atoms with Crippen LogP contribution in [-0.2, 0) is 11.2 Å².